The number of benzene rings is 1. The highest BCUT2D eigenvalue weighted by Crippen LogP contribution is 2.23. The number of aliphatic hydroxyl groups is 1. The maximum atomic E-state index is 9.20. The first-order valence-electron chi connectivity index (χ1n) is 5.34. The van der Waals surface area contributed by atoms with Gasteiger partial charge < -0.3 is 15.6 Å². The van der Waals surface area contributed by atoms with Gasteiger partial charge in [-0.15, -0.1) is 0 Å². The molecular weight excluding hydrogens is 248 g/mol. The van der Waals surface area contributed by atoms with Crippen LogP contribution in [-0.4, -0.2) is 15.1 Å². The molecule has 0 radical (unpaired) electrons. The van der Waals surface area contributed by atoms with Gasteiger partial charge in [0.05, 0.1) is 6.61 Å². The Morgan fingerprint density at radius 2 is 2.00 bits per heavy atom. The minimum Gasteiger partial charge on any atom is -0.439 e. The van der Waals surface area contributed by atoms with Gasteiger partial charge in [-0.25, -0.2) is 4.98 Å². The first-order valence-corrected chi connectivity index (χ1v) is 5.75. The molecule has 0 fully saturated rings. The van der Waals surface area contributed by atoms with Gasteiger partial charge in [0.1, 0.15) is 16.4 Å². The van der Waals surface area contributed by atoms with Gasteiger partial charge in [-0.1, -0.05) is 36.5 Å². The third kappa shape index (κ3) is 2.82. The van der Waals surface area contributed by atoms with E-state index in [0.717, 1.165) is 0 Å². The van der Waals surface area contributed by atoms with Crippen molar-refractivity contribution in [1.82, 2.24) is 4.98 Å². The summed E-state index contributed by atoms with van der Waals surface area (Å²) in [6, 6.07) is 12.4. The minimum atomic E-state index is -0.0921. The molecule has 1 aromatic heterocycles. The van der Waals surface area contributed by atoms with Crippen molar-refractivity contribution in [2.75, 3.05) is 0 Å². The van der Waals surface area contributed by atoms with E-state index in [1.54, 1.807) is 30.3 Å². The molecule has 2 aromatic rings. The molecule has 1 aromatic carbocycles. The number of thiocarbonyl (C=S) groups is 1. The van der Waals surface area contributed by atoms with Crippen LogP contribution in [0.3, 0.4) is 0 Å². The molecule has 0 atom stereocenters. The van der Waals surface area contributed by atoms with Crippen LogP contribution < -0.4 is 10.5 Å². The van der Waals surface area contributed by atoms with Crippen molar-refractivity contribution >= 4 is 17.2 Å². The van der Waals surface area contributed by atoms with Gasteiger partial charge >= 0.3 is 0 Å². The molecule has 0 unspecified atom stereocenters. The summed E-state index contributed by atoms with van der Waals surface area (Å²) < 4.78 is 5.60. The number of aromatic nitrogens is 1. The Labute approximate surface area is 110 Å². The van der Waals surface area contributed by atoms with E-state index in [4.69, 9.17) is 22.7 Å². The topological polar surface area (TPSA) is 68.4 Å². The van der Waals surface area contributed by atoms with Gasteiger partial charge in [0, 0.05) is 11.6 Å². The summed E-state index contributed by atoms with van der Waals surface area (Å²) in [6.45, 7) is -0.0921. The lowest BCUT2D eigenvalue weighted by molar-refractivity contribution is 0.276. The second-order valence-electron chi connectivity index (χ2n) is 3.59. The molecule has 2 rings (SSSR count). The quantitative estimate of drug-likeness (QED) is 0.823. The van der Waals surface area contributed by atoms with Crippen molar-refractivity contribution in [3.8, 4) is 11.6 Å². The van der Waals surface area contributed by atoms with E-state index < -0.39 is 0 Å². The van der Waals surface area contributed by atoms with E-state index in [0.29, 0.717) is 22.9 Å². The fourth-order valence-corrected chi connectivity index (χ4v) is 1.57. The molecule has 1 heterocycles. The molecular formula is C13H12N2O2S. The molecule has 0 saturated heterocycles. The summed E-state index contributed by atoms with van der Waals surface area (Å²) in [6.07, 6.45) is 0. The van der Waals surface area contributed by atoms with Crippen LogP contribution in [0.5, 0.6) is 11.6 Å². The summed E-state index contributed by atoms with van der Waals surface area (Å²) in [7, 11) is 0. The molecule has 0 bridgehead atoms. The fraction of sp³-hybridized carbons (Fsp3) is 0.0769. The van der Waals surface area contributed by atoms with Crippen LogP contribution in [0, 0.1) is 0 Å². The van der Waals surface area contributed by atoms with Crippen molar-refractivity contribution < 1.29 is 9.84 Å². The first kappa shape index (κ1) is 12.5. The van der Waals surface area contributed by atoms with Crippen molar-refractivity contribution in [2.45, 2.75) is 6.61 Å². The number of nitrogens with two attached hydrogens (primary N) is 1. The maximum absolute atomic E-state index is 9.20. The predicted molar refractivity (Wildman–Crippen MR) is 72.6 cm³/mol. The van der Waals surface area contributed by atoms with Crippen molar-refractivity contribution in [3.05, 3.63) is 53.7 Å². The largest absolute Gasteiger partial charge is 0.439 e. The Kier molecular flexibility index (Phi) is 3.86. The highest BCUT2D eigenvalue weighted by molar-refractivity contribution is 7.80. The summed E-state index contributed by atoms with van der Waals surface area (Å²) in [5, 5.41) is 9.20. The normalized spacial score (nSPS) is 10.1. The van der Waals surface area contributed by atoms with Gasteiger partial charge in [-0.2, -0.15) is 0 Å². The van der Waals surface area contributed by atoms with Crippen LogP contribution in [0.2, 0.25) is 0 Å². The molecule has 0 aliphatic heterocycles. The average Bonchev–Trinajstić information content (AvgIpc) is 2.39. The standard InChI is InChI=1S/C13H12N2O2S/c14-13(18)10-5-3-7-12(15-10)17-11-6-2-1-4-9(11)8-16/h1-7,16H,8H2,(H2,14,18). The number of hydrogen-bond donors (Lipinski definition) is 2. The van der Waals surface area contributed by atoms with Crippen LogP contribution in [-0.2, 0) is 6.61 Å². The van der Waals surface area contributed by atoms with Gasteiger partial charge in [-0.3, -0.25) is 0 Å². The zero-order chi connectivity index (χ0) is 13.0. The number of hydrogen-bond acceptors (Lipinski definition) is 4. The molecule has 0 aliphatic carbocycles. The van der Waals surface area contributed by atoms with Gasteiger partial charge in [0.15, 0.2) is 0 Å². The lowest BCUT2D eigenvalue weighted by atomic mass is 10.2. The number of rotatable bonds is 4. The molecule has 0 spiro atoms. The SMILES string of the molecule is NC(=S)c1cccc(Oc2ccccc2CO)n1. The Morgan fingerprint density at radius 1 is 1.22 bits per heavy atom. The number of aliphatic hydroxyl groups excluding tert-OH is 1. The van der Waals surface area contributed by atoms with Crippen LogP contribution in [0.4, 0.5) is 0 Å². The second kappa shape index (κ2) is 5.57. The molecule has 18 heavy (non-hydrogen) atoms. The van der Waals surface area contributed by atoms with Crippen LogP contribution in [0.15, 0.2) is 42.5 Å². The fourth-order valence-electron chi connectivity index (χ4n) is 1.46. The van der Waals surface area contributed by atoms with Crippen LogP contribution in [0.25, 0.3) is 0 Å². The number of pyridine rings is 1. The van der Waals surface area contributed by atoms with Gasteiger partial charge in [0.25, 0.3) is 0 Å². The molecule has 0 aliphatic rings. The van der Waals surface area contributed by atoms with Crippen molar-refractivity contribution in [3.63, 3.8) is 0 Å². The Morgan fingerprint density at radius 3 is 2.72 bits per heavy atom. The van der Waals surface area contributed by atoms with E-state index in [9.17, 15) is 5.11 Å². The van der Waals surface area contributed by atoms with E-state index in [2.05, 4.69) is 4.98 Å². The predicted octanol–water partition coefficient (Wildman–Crippen LogP) is 2.00. The summed E-state index contributed by atoms with van der Waals surface area (Å²) >= 11 is 4.85. The average molecular weight is 260 g/mol. The number of ether oxygens (including phenoxy) is 1. The van der Waals surface area contributed by atoms with E-state index >= 15 is 0 Å². The van der Waals surface area contributed by atoms with E-state index in [-0.39, 0.29) is 11.6 Å². The van der Waals surface area contributed by atoms with Gasteiger partial charge in [-0.05, 0) is 12.1 Å². The molecule has 92 valence electrons. The Hall–Kier alpha value is -1.98. The molecule has 4 nitrogen and oxygen atoms in total. The lowest BCUT2D eigenvalue weighted by Crippen LogP contribution is -2.11. The van der Waals surface area contributed by atoms with E-state index in [1.165, 1.54) is 0 Å². The molecule has 3 N–H and O–H groups in total. The lowest BCUT2D eigenvalue weighted by Gasteiger charge is -2.09. The molecule has 0 amide bonds. The highest BCUT2D eigenvalue weighted by atomic mass is 32.1. The number of para-hydroxylation sites is 1. The third-order valence-electron chi connectivity index (χ3n) is 2.33. The third-order valence-corrected chi connectivity index (χ3v) is 2.54. The van der Waals surface area contributed by atoms with E-state index in [1.807, 2.05) is 12.1 Å². The van der Waals surface area contributed by atoms with Crippen LogP contribution >= 0.6 is 12.2 Å². The second-order valence-corrected chi connectivity index (χ2v) is 4.03. The monoisotopic (exact) mass is 260 g/mol. The first-order chi connectivity index (χ1) is 8.70. The smallest absolute Gasteiger partial charge is 0.219 e. The zero-order valence-electron chi connectivity index (χ0n) is 9.54. The highest BCUT2D eigenvalue weighted by Gasteiger charge is 2.05. The maximum Gasteiger partial charge on any atom is 0.219 e. The molecule has 5 heteroatoms. The molecule has 0 saturated carbocycles. The Balaban J connectivity index is 2.28. The zero-order valence-corrected chi connectivity index (χ0v) is 10.4. The summed E-state index contributed by atoms with van der Waals surface area (Å²) in [4.78, 5) is 4.39. The van der Waals surface area contributed by atoms with Crippen molar-refractivity contribution in [1.29, 1.82) is 0 Å². The minimum absolute atomic E-state index is 0.0921. The van der Waals surface area contributed by atoms with Gasteiger partial charge in [0.2, 0.25) is 5.88 Å². The summed E-state index contributed by atoms with van der Waals surface area (Å²) in [5.41, 5.74) is 6.70. The van der Waals surface area contributed by atoms with Crippen molar-refractivity contribution in [2.24, 2.45) is 5.73 Å². The number of nitrogens with zero attached hydrogens (tertiary/aromatic N) is 1. The van der Waals surface area contributed by atoms with Crippen LogP contribution in [0.1, 0.15) is 11.3 Å². The summed E-state index contributed by atoms with van der Waals surface area (Å²) in [5.74, 6) is 0.953. The Bertz CT molecular complexity index is 572.